The normalized spacial score (nSPS) is 13.9. The molecule has 1 aliphatic carbocycles. The van der Waals surface area contributed by atoms with Gasteiger partial charge in [0.2, 0.25) is 5.91 Å². The summed E-state index contributed by atoms with van der Waals surface area (Å²) in [6.07, 6.45) is -2.95. The molecule has 0 aliphatic heterocycles. The third-order valence-corrected chi connectivity index (χ3v) is 4.86. The summed E-state index contributed by atoms with van der Waals surface area (Å²) >= 11 is 2.87. The Kier molecular flexibility index (Phi) is 5.64. The summed E-state index contributed by atoms with van der Waals surface area (Å²) in [7, 11) is 0. The van der Waals surface area contributed by atoms with Gasteiger partial charge in [-0.25, -0.2) is 4.79 Å². The maximum Gasteiger partial charge on any atom is 0.417 e. The fourth-order valence-electron chi connectivity index (χ4n) is 2.53. The number of halogens is 4. The topological polar surface area (TPSA) is 75.6 Å². The van der Waals surface area contributed by atoms with Gasteiger partial charge in [0, 0.05) is 10.4 Å². The van der Waals surface area contributed by atoms with Crippen LogP contribution in [0.3, 0.4) is 0 Å². The van der Waals surface area contributed by atoms with Gasteiger partial charge in [0.15, 0.2) is 0 Å². The molecule has 0 aromatic heterocycles. The summed E-state index contributed by atoms with van der Waals surface area (Å²) in [6.45, 7) is -0.177. The van der Waals surface area contributed by atoms with Crippen LogP contribution in [0.5, 0.6) is 5.75 Å². The first kappa shape index (κ1) is 20.2. The molecule has 0 unspecified atom stereocenters. The zero-order chi connectivity index (χ0) is 20.5. The van der Waals surface area contributed by atoms with E-state index in [1.807, 2.05) is 0 Å². The molecule has 28 heavy (non-hydrogen) atoms. The molecule has 0 saturated heterocycles. The molecule has 2 aromatic carbocycles. The molecular weight excluding hydrogens is 443 g/mol. The van der Waals surface area contributed by atoms with Gasteiger partial charge in [-0.1, -0.05) is 22.0 Å². The quantitative estimate of drug-likeness (QED) is 0.632. The van der Waals surface area contributed by atoms with Crippen molar-refractivity contribution >= 4 is 33.5 Å². The van der Waals surface area contributed by atoms with Gasteiger partial charge in [0.25, 0.3) is 0 Å². The third kappa shape index (κ3) is 4.83. The summed E-state index contributed by atoms with van der Waals surface area (Å²) in [5.74, 6) is -1.40. The number of alkyl halides is 3. The molecule has 1 amide bonds. The molecule has 148 valence electrons. The average molecular weight is 458 g/mol. The average Bonchev–Trinajstić information content (AvgIpc) is 3.46. The number of carboxylic acids is 1. The fraction of sp³-hybridized carbons (Fsp3) is 0.263. The Hall–Kier alpha value is -2.55. The summed E-state index contributed by atoms with van der Waals surface area (Å²) in [6, 6.07) is 7.81. The number of carboxylic acid groups (broad SMARTS) is 1. The first-order valence-electron chi connectivity index (χ1n) is 8.32. The molecule has 1 aliphatic rings. The van der Waals surface area contributed by atoms with Crippen molar-refractivity contribution < 1.29 is 32.6 Å². The van der Waals surface area contributed by atoms with Crippen LogP contribution in [-0.4, -0.2) is 17.0 Å². The molecular formula is C19H15BrF3NO4. The molecule has 0 heterocycles. The highest BCUT2D eigenvalue weighted by molar-refractivity contribution is 9.10. The number of hydrogen-bond acceptors (Lipinski definition) is 3. The van der Waals surface area contributed by atoms with E-state index in [2.05, 4.69) is 21.2 Å². The summed E-state index contributed by atoms with van der Waals surface area (Å²) in [5.41, 5.74) is -0.547. The van der Waals surface area contributed by atoms with Crippen molar-refractivity contribution in [1.29, 1.82) is 0 Å². The minimum atomic E-state index is -4.51. The smallest absolute Gasteiger partial charge is 0.417 e. The number of ether oxygens (including phenoxy) is 1. The number of anilines is 1. The Bertz CT molecular complexity index is 926. The van der Waals surface area contributed by atoms with Crippen LogP contribution in [0.2, 0.25) is 0 Å². The predicted molar refractivity (Wildman–Crippen MR) is 98.2 cm³/mol. The Morgan fingerprint density at radius 3 is 2.50 bits per heavy atom. The maximum atomic E-state index is 13.0. The number of benzene rings is 2. The van der Waals surface area contributed by atoms with Crippen molar-refractivity contribution in [3.63, 3.8) is 0 Å². The summed E-state index contributed by atoms with van der Waals surface area (Å²) in [5, 5.41) is 11.9. The molecule has 0 bridgehead atoms. The SMILES string of the molecule is O=C(O)c1cc(OCc2ccc(Br)c(C(F)(F)F)c2)ccc1NC(=O)C1CC1. The Morgan fingerprint density at radius 2 is 1.89 bits per heavy atom. The standard InChI is InChI=1S/C19H15BrF3NO4/c20-15-5-1-10(7-14(15)19(21,22)23)9-28-12-4-6-16(13(8-12)18(26)27)24-17(25)11-2-3-11/h1,4-8,11H,2-3,9H2,(H,24,25)(H,26,27). The first-order valence-corrected chi connectivity index (χ1v) is 9.11. The number of rotatable bonds is 6. The Labute approximate surface area is 166 Å². The second-order valence-electron chi connectivity index (χ2n) is 6.38. The number of hydrogen-bond donors (Lipinski definition) is 2. The number of aromatic carboxylic acids is 1. The van der Waals surface area contributed by atoms with Crippen molar-refractivity contribution in [1.82, 2.24) is 0 Å². The van der Waals surface area contributed by atoms with Crippen LogP contribution in [0.1, 0.15) is 34.3 Å². The van der Waals surface area contributed by atoms with E-state index >= 15 is 0 Å². The Morgan fingerprint density at radius 1 is 1.18 bits per heavy atom. The van der Waals surface area contributed by atoms with Crippen LogP contribution in [0.25, 0.3) is 0 Å². The number of amides is 1. The van der Waals surface area contributed by atoms with Gasteiger partial charge in [-0.2, -0.15) is 13.2 Å². The first-order chi connectivity index (χ1) is 13.1. The zero-order valence-electron chi connectivity index (χ0n) is 14.3. The van der Waals surface area contributed by atoms with Crippen LogP contribution in [0, 0.1) is 5.92 Å². The van der Waals surface area contributed by atoms with Crippen LogP contribution in [-0.2, 0) is 17.6 Å². The Balaban J connectivity index is 1.75. The van der Waals surface area contributed by atoms with Crippen molar-refractivity contribution in [3.05, 3.63) is 57.6 Å². The monoisotopic (exact) mass is 457 g/mol. The van der Waals surface area contributed by atoms with Crippen molar-refractivity contribution in [3.8, 4) is 5.75 Å². The van der Waals surface area contributed by atoms with Crippen LogP contribution < -0.4 is 10.1 Å². The second kappa shape index (κ2) is 7.83. The van der Waals surface area contributed by atoms with Crippen LogP contribution in [0.4, 0.5) is 18.9 Å². The lowest BCUT2D eigenvalue weighted by Crippen LogP contribution is -2.16. The van der Waals surface area contributed by atoms with E-state index in [1.54, 1.807) is 0 Å². The van der Waals surface area contributed by atoms with E-state index in [4.69, 9.17) is 4.74 Å². The zero-order valence-corrected chi connectivity index (χ0v) is 15.9. The van der Waals surface area contributed by atoms with E-state index in [0.717, 1.165) is 18.9 Å². The second-order valence-corrected chi connectivity index (χ2v) is 7.23. The molecule has 2 N–H and O–H groups in total. The minimum absolute atomic E-state index is 0.0762. The molecule has 0 spiro atoms. The molecule has 0 radical (unpaired) electrons. The molecule has 3 rings (SSSR count). The fourth-order valence-corrected chi connectivity index (χ4v) is 3.00. The third-order valence-electron chi connectivity index (χ3n) is 4.17. The minimum Gasteiger partial charge on any atom is -0.489 e. The summed E-state index contributed by atoms with van der Waals surface area (Å²) < 4.78 is 44.3. The maximum absolute atomic E-state index is 13.0. The lowest BCUT2D eigenvalue weighted by Gasteiger charge is -2.13. The highest BCUT2D eigenvalue weighted by Crippen LogP contribution is 2.35. The van der Waals surface area contributed by atoms with Crippen LogP contribution in [0.15, 0.2) is 40.9 Å². The van der Waals surface area contributed by atoms with Crippen molar-refractivity contribution in [2.75, 3.05) is 5.32 Å². The highest BCUT2D eigenvalue weighted by Gasteiger charge is 2.33. The lowest BCUT2D eigenvalue weighted by atomic mass is 10.1. The molecule has 0 atom stereocenters. The van der Waals surface area contributed by atoms with E-state index in [-0.39, 0.29) is 45.5 Å². The number of carbonyl (C=O) groups is 2. The summed E-state index contributed by atoms with van der Waals surface area (Å²) in [4.78, 5) is 23.3. The molecule has 2 aromatic rings. The van der Waals surface area contributed by atoms with Gasteiger partial charge >= 0.3 is 12.1 Å². The molecule has 1 fully saturated rings. The van der Waals surface area contributed by atoms with Gasteiger partial charge in [-0.05, 0) is 48.7 Å². The van der Waals surface area contributed by atoms with Crippen molar-refractivity contribution in [2.45, 2.75) is 25.6 Å². The van der Waals surface area contributed by atoms with Gasteiger partial charge < -0.3 is 15.2 Å². The largest absolute Gasteiger partial charge is 0.489 e. The number of carbonyl (C=O) groups excluding carboxylic acids is 1. The molecule has 1 saturated carbocycles. The van der Waals surface area contributed by atoms with E-state index in [9.17, 15) is 27.9 Å². The van der Waals surface area contributed by atoms with E-state index < -0.39 is 17.7 Å². The number of nitrogens with one attached hydrogen (secondary N) is 1. The van der Waals surface area contributed by atoms with Crippen LogP contribution >= 0.6 is 15.9 Å². The highest BCUT2D eigenvalue weighted by atomic mass is 79.9. The molecule has 9 heteroatoms. The lowest BCUT2D eigenvalue weighted by molar-refractivity contribution is -0.138. The van der Waals surface area contributed by atoms with Gasteiger partial charge in [-0.3, -0.25) is 4.79 Å². The van der Waals surface area contributed by atoms with E-state index in [1.165, 1.54) is 30.3 Å². The van der Waals surface area contributed by atoms with Gasteiger partial charge in [-0.15, -0.1) is 0 Å². The molecule has 5 nitrogen and oxygen atoms in total. The van der Waals surface area contributed by atoms with E-state index in [0.29, 0.717) is 0 Å². The predicted octanol–water partition coefficient (Wildman–Crippen LogP) is 5.09. The van der Waals surface area contributed by atoms with Crippen molar-refractivity contribution in [2.24, 2.45) is 5.92 Å². The van der Waals surface area contributed by atoms with Gasteiger partial charge in [0.1, 0.15) is 12.4 Å². The van der Waals surface area contributed by atoms with Gasteiger partial charge in [0.05, 0.1) is 16.8 Å².